The van der Waals surface area contributed by atoms with Gasteiger partial charge in [-0.15, -0.1) is 0 Å². The fourth-order valence-corrected chi connectivity index (χ4v) is 2.28. The van der Waals surface area contributed by atoms with Crippen molar-refractivity contribution in [2.75, 3.05) is 26.8 Å². The molecule has 0 aromatic heterocycles. The van der Waals surface area contributed by atoms with Crippen LogP contribution in [-0.2, 0) is 6.18 Å². The van der Waals surface area contributed by atoms with E-state index in [0.717, 1.165) is 12.1 Å². The minimum Gasteiger partial charge on any atom is -0.496 e. The molecule has 28 heavy (non-hydrogen) atoms. The zero-order valence-corrected chi connectivity index (χ0v) is 15.0. The van der Waals surface area contributed by atoms with Crippen molar-refractivity contribution in [1.29, 1.82) is 0 Å². The monoisotopic (exact) mass is 399 g/mol. The van der Waals surface area contributed by atoms with E-state index in [2.05, 4.69) is 10.5 Å². The number of hydrogen-bond donors (Lipinski definition) is 1. The predicted octanol–water partition coefficient (Wildman–Crippen LogP) is 4.09. The summed E-state index contributed by atoms with van der Waals surface area (Å²) >= 11 is 0. The number of ether oxygens (including phenoxy) is 3. The smallest absolute Gasteiger partial charge is 0.416 e. The molecule has 0 bridgehead atoms. The fraction of sp³-hybridized carbons (Fsp3) is 0.235. The molecule has 8 nitrogen and oxygen atoms in total. The Morgan fingerprint density at radius 3 is 2.18 bits per heavy atom. The second kappa shape index (κ2) is 8.46. The highest BCUT2D eigenvalue weighted by atomic mass is 19.4. The minimum atomic E-state index is -4.69. The number of nitrogens with one attached hydrogen (secondary N) is 1. The maximum absolute atomic E-state index is 12.7. The molecule has 2 aromatic rings. The largest absolute Gasteiger partial charge is 0.496 e. The molecular formula is C17H16F3N3O5. The van der Waals surface area contributed by atoms with Gasteiger partial charge in [0.25, 0.3) is 5.69 Å². The average Bonchev–Trinajstić information content (AvgIpc) is 2.66. The van der Waals surface area contributed by atoms with Crippen molar-refractivity contribution < 1.29 is 32.3 Å². The van der Waals surface area contributed by atoms with Crippen molar-refractivity contribution in [1.82, 2.24) is 0 Å². The summed E-state index contributed by atoms with van der Waals surface area (Å²) in [4.78, 5) is 10.2. The molecule has 0 fully saturated rings. The Morgan fingerprint density at radius 2 is 1.64 bits per heavy atom. The lowest BCUT2D eigenvalue weighted by atomic mass is 10.1. The first-order chi connectivity index (χ1) is 13.2. The second-order valence-electron chi connectivity index (χ2n) is 5.31. The number of methoxy groups -OCH3 is 3. The van der Waals surface area contributed by atoms with Gasteiger partial charge in [-0.1, -0.05) is 0 Å². The molecule has 0 amide bonds. The van der Waals surface area contributed by atoms with Crippen LogP contribution in [0.5, 0.6) is 17.2 Å². The first-order valence-electron chi connectivity index (χ1n) is 7.66. The Labute approximate surface area is 157 Å². The lowest BCUT2D eigenvalue weighted by Gasteiger charge is -2.12. The van der Waals surface area contributed by atoms with Crippen LogP contribution in [0.15, 0.2) is 35.4 Å². The van der Waals surface area contributed by atoms with Crippen molar-refractivity contribution in [2.45, 2.75) is 6.18 Å². The van der Waals surface area contributed by atoms with Gasteiger partial charge in [0, 0.05) is 17.7 Å². The maximum Gasteiger partial charge on any atom is 0.416 e. The molecule has 0 aliphatic carbocycles. The Bertz CT molecular complexity index is 900. The van der Waals surface area contributed by atoms with Crippen LogP contribution in [-0.4, -0.2) is 32.5 Å². The fourth-order valence-electron chi connectivity index (χ4n) is 2.28. The van der Waals surface area contributed by atoms with Crippen LogP contribution in [0.25, 0.3) is 0 Å². The summed E-state index contributed by atoms with van der Waals surface area (Å²) in [7, 11) is 4.32. The van der Waals surface area contributed by atoms with Crippen molar-refractivity contribution in [3.63, 3.8) is 0 Å². The number of nitro benzene ring substituents is 1. The molecule has 2 rings (SSSR count). The average molecular weight is 399 g/mol. The zero-order chi connectivity index (χ0) is 20.9. The first-order valence-corrected chi connectivity index (χ1v) is 7.66. The van der Waals surface area contributed by atoms with Gasteiger partial charge >= 0.3 is 6.18 Å². The Morgan fingerprint density at radius 1 is 1.04 bits per heavy atom. The summed E-state index contributed by atoms with van der Waals surface area (Å²) in [5.41, 5.74) is 0.731. The van der Waals surface area contributed by atoms with Gasteiger partial charge < -0.3 is 14.2 Å². The van der Waals surface area contributed by atoms with E-state index < -0.39 is 22.4 Å². The number of benzene rings is 2. The standard InChI is InChI=1S/C17H16F3N3O5/c1-26-14-8-16(28-3)15(27-2)6-10(14)9-21-22-12-5-4-11(17(18,19)20)7-13(12)23(24)25/h4-9,22H,1-3H3. The number of nitrogens with zero attached hydrogens (tertiary/aromatic N) is 2. The van der Waals surface area contributed by atoms with Gasteiger partial charge in [0.2, 0.25) is 0 Å². The molecule has 0 saturated heterocycles. The normalized spacial score (nSPS) is 11.4. The van der Waals surface area contributed by atoms with Crippen LogP contribution in [0.2, 0.25) is 0 Å². The van der Waals surface area contributed by atoms with Gasteiger partial charge in [-0.25, -0.2) is 0 Å². The highest BCUT2D eigenvalue weighted by molar-refractivity contribution is 5.86. The number of rotatable bonds is 7. The summed E-state index contributed by atoms with van der Waals surface area (Å²) in [6.45, 7) is 0. The van der Waals surface area contributed by atoms with E-state index >= 15 is 0 Å². The molecule has 11 heteroatoms. The van der Waals surface area contributed by atoms with Gasteiger partial charge in [0.05, 0.1) is 38.0 Å². The number of nitro groups is 1. The Hall–Kier alpha value is -3.50. The Balaban J connectivity index is 2.33. The van der Waals surface area contributed by atoms with E-state index in [0.29, 0.717) is 28.9 Å². The number of hydrogen-bond acceptors (Lipinski definition) is 7. The predicted molar refractivity (Wildman–Crippen MR) is 95.4 cm³/mol. The molecule has 0 radical (unpaired) electrons. The quantitative estimate of drug-likeness (QED) is 0.428. The summed E-state index contributed by atoms with van der Waals surface area (Å²) < 4.78 is 53.8. The maximum atomic E-state index is 12.7. The first kappa shape index (κ1) is 20.8. The van der Waals surface area contributed by atoms with Crippen LogP contribution >= 0.6 is 0 Å². The van der Waals surface area contributed by atoms with Gasteiger partial charge in [-0.05, 0) is 18.2 Å². The molecule has 2 aromatic carbocycles. The molecule has 0 atom stereocenters. The van der Waals surface area contributed by atoms with Gasteiger partial charge in [0.1, 0.15) is 11.4 Å². The molecule has 0 unspecified atom stereocenters. The summed E-state index contributed by atoms with van der Waals surface area (Å²) in [6, 6.07) is 5.21. The Kier molecular flexibility index (Phi) is 6.29. The van der Waals surface area contributed by atoms with Crippen LogP contribution in [0.3, 0.4) is 0 Å². The minimum absolute atomic E-state index is 0.200. The highest BCUT2D eigenvalue weighted by Gasteiger charge is 2.33. The van der Waals surface area contributed by atoms with Gasteiger partial charge in [-0.3, -0.25) is 15.5 Å². The number of halogens is 3. The number of hydrazone groups is 1. The van der Waals surface area contributed by atoms with Gasteiger partial charge in [-0.2, -0.15) is 18.3 Å². The van der Waals surface area contributed by atoms with Crippen molar-refractivity contribution in [2.24, 2.45) is 5.10 Å². The molecule has 1 N–H and O–H groups in total. The van der Waals surface area contributed by atoms with Crippen LogP contribution in [0.1, 0.15) is 11.1 Å². The van der Waals surface area contributed by atoms with E-state index in [1.165, 1.54) is 27.5 Å². The zero-order valence-electron chi connectivity index (χ0n) is 15.0. The molecule has 0 aliphatic rings. The lowest BCUT2D eigenvalue weighted by Crippen LogP contribution is -2.06. The van der Waals surface area contributed by atoms with E-state index in [9.17, 15) is 23.3 Å². The van der Waals surface area contributed by atoms with Crippen LogP contribution in [0, 0.1) is 10.1 Å². The molecule has 0 spiro atoms. The van der Waals surface area contributed by atoms with E-state index in [1.807, 2.05) is 0 Å². The van der Waals surface area contributed by atoms with Gasteiger partial charge in [0.15, 0.2) is 11.5 Å². The molecule has 0 heterocycles. The van der Waals surface area contributed by atoms with Crippen molar-refractivity contribution in [3.05, 3.63) is 51.6 Å². The van der Waals surface area contributed by atoms with Crippen LogP contribution < -0.4 is 19.6 Å². The van der Waals surface area contributed by atoms with Crippen molar-refractivity contribution >= 4 is 17.6 Å². The van der Waals surface area contributed by atoms with E-state index in [1.54, 1.807) is 12.1 Å². The number of anilines is 1. The summed E-state index contributed by atoms with van der Waals surface area (Å²) in [5.74, 6) is 1.19. The third-order valence-electron chi connectivity index (χ3n) is 3.65. The van der Waals surface area contributed by atoms with E-state index in [-0.39, 0.29) is 5.69 Å². The third kappa shape index (κ3) is 4.61. The second-order valence-corrected chi connectivity index (χ2v) is 5.31. The lowest BCUT2D eigenvalue weighted by molar-refractivity contribution is -0.384. The van der Waals surface area contributed by atoms with E-state index in [4.69, 9.17) is 14.2 Å². The molecule has 150 valence electrons. The van der Waals surface area contributed by atoms with Crippen LogP contribution in [0.4, 0.5) is 24.5 Å². The molecular weight excluding hydrogens is 383 g/mol. The summed E-state index contributed by atoms with van der Waals surface area (Å²) in [6.07, 6.45) is -3.41. The van der Waals surface area contributed by atoms with Crippen molar-refractivity contribution in [3.8, 4) is 17.2 Å². The number of alkyl halides is 3. The molecule has 0 saturated carbocycles. The highest BCUT2D eigenvalue weighted by Crippen LogP contribution is 2.36. The third-order valence-corrected chi connectivity index (χ3v) is 3.65. The summed E-state index contributed by atoms with van der Waals surface area (Å²) in [5, 5.41) is 14.9. The SMILES string of the molecule is COc1cc(OC)c(OC)cc1C=NNc1ccc(C(F)(F)F)cc1[N+](=O)[O-]. The molecule has 0 aliphatic heterocycles. The topological polar surface area (TPSA) is 95.2 Å².